The van der Waals surface area contributed by atoms with Gasteiger partial charge >= 0.3 is 11.9 Å². The van der Waals surface area contributed by atoms with E-state index in [9.17, 15) is 19.8 Å². The highest BCUT2D eigenvalue weighted by Crippen LogP contribution is 2.35. The molecule has 0 spiro atoms. The molecule has 4 N–H and O–H groups in total. The van der Waals surface area contributed by atoms with E-state index in [0.29, 0.717) is 22.6 Å². The molecule has 0 bridgehead atoms. The molecule has 0 radical (unpaired) electrons. The number of benzene rings is 1. The number of nitrogens with zero attached hydrogens (tertiary/aromatic N) is 5. The third-order valence-electron chi connectivity index (χ3n) is 6.54. The van der Waals surface area contributed by atoms with Crippen molar-refractivity contribution >= 4 is 28.9 Å². The molecule has 5 rings (SSSR count). The lowest BCUT2D eigenvalue weighted by molar-refractivity contribution is -0.188. The molecule has 1 saturated heterocycles. The van der Waals surface area contributed by atoms with Crippen LogP contribution >= 0.6 is 0 Å². The Morgan fingerprint density at radius 3 is 2.56 bits per heavy atom. The predicted octanol–water partition coefficient (Wildman–Crippen LogP) is 2.57. The van der Waals surface area contributed by atoms with Crippen LogP contribution in [0.2, 0.25) is 0 Å². The normalized spacial score (nSPS) is 19.4. The zero-order chi connectivity index (χ0) is 27.7. The quantitative estimate of drug-likeness (QED) is 0.268. The maximum Gasteiger partial charge on any atom is 0.348 e. The van der Waals surface area contributed by atoms with Crippen LogP contribution in [-0.2, 0) is 25.5 Å². The summed E-state index contributed by atoms with van der Waals surface area (Å²) in [5.41, 5.74) is 5.78. The number of fused-ring (bicyclic) bond motifs is 1. The second kappa shape index (κ2) is 10.3. The largest absolute Gasteiger partial charge is 0.479 e. The molecular formula is C26H25FN6O6. The summed E-state index contributed by atoms with van der Waals surface area (Å²) in [6, 6.07) is 12.1. The highest BCUT2D eigenvalue weighted by Gasteiger charge is 2.50. The van der Waals surface area contributed by atoms with E-state index in [0.717, 1.165) is 5.56 Å². The Kier molecular flexibility index (Phi) is 6.93. The number of ether oxygens (including phenoxy) is 2. The van der Waals surface area contributed by atoms with Gasteiger partial charge < -0.3 is 25.4 Å². The Labute approximate surface area is 221 Å². The number of hydrogen-bond acceptors (Lipinski definition) is 9. The molecule has 202 valence electrons. The first-order valence-corrected chi connectivity index (χ1v) is 12.0. The van der Waals surface area contributed by atoms with Crippen molar-refractivity contribution < 1.29 is 33.7 Å². The third-order valence-corrected chi connectivity index (χ3v) is 6.54. The van der Waals surface area contributed by atoms with E-state index in [-0.39, 0.29) is 17.9 Å². The van der Waals surface area contributed by atoms with Gasteiger partial charge in [0.2, 0.25) is 0 Å². The van der Waals surface area contributed by atoms with E-state index in [1.54, 1.807) is 43.5 Å². The summed E-state index contributed by atoms with van der Waals surface area (Å²) < 4.78 is 27.8. The van der Waals surface area contributed by atoms with Crippen LogP contribution in [0.15, 0.2) is 55.0 Å². The number of imidazole rings is 1. The fourth-order valence-electron chi connectivity index (χ4n) is 4.56. The monoisotopic (exact) mass is 536 g/mol. The van der Waals surface area contributed by atoms with Crippen LogP contribution in [0.25, 0.3) is 22.4 Å². The molecule has 12 nitrogen and oxygen atoms in total. The van der Waals surface area contributed by atoms with Crippen LogP contribution in [-0.4, -0.2) is 71.1 Å². The van der Waals surface area contributed by atoms with Crippen molar-refractivity contribution in [1.29, 1.82) is 0 Å². The number of aryl methyl sites for hydroxylation is 1. The van der Waals surface area contributed by atoms with Gasteiger partial charge in [-0.25, -0.2) is 28.9 Å². The van der Waals surface area contributed by atoms with Gasteiger partial charge in [0.05, 0.1) is 24.7 Å². The number of carboxylic acid groups (broad SMARTS) is 2. The van der Waals surface area contributed by atoms with Crippen molar-refractivity contribution in [2.75, 3.05) is 12.3 Å². The van der Waals surface area contributed by atoms with E-state index < -0.39 is 49.1 Å². The average molecular weight is 537 g/mol. The summed E-state index contributed by atoms with van der Waals surface area (Å²) in [4.78, 5) is 41.2. The molecule has 1 aliphatic heterocycles. The zero-order valence-electron chi connectivity index (χ0n) is 20.8. The van der Waals surface area contributed by atoms with E-state index in [1.165, 1.54) is 10.9 Å². The first-order valence-electron chi connectivity index (χ1n) is 12.0. The number of pyridine rings is 1. The third kappa shape index (κ3) is 5.01. The number of alkyl halides is 1. The summed E-state index contributed by atoms with van der Waals surface area (Å²) >= 11 is 0. The molecule has 3 aromatic heterocycles. The van der Waals surface area contributed by atoms with Crippen LogP contribution in [0.4, 0.5) is 10.2 Å². The smallest absolute Gasteiger partial charge is 0.348 e. The van der Waals surface area contributed by atoms with Crippen LogP contribution in [0, 0.1) is 6.92 Å². The number of halogens is 1. The van der Waals surface area contributed by atoms with Crippen molar-refractivity contribution in [2.45, 2.75) is 43.9 Å². The Morgan fingerprint density at radius 2 is 1.90 bits per heavy atom. The molecule has 3 atom stereocenters. The van der Waals surface area contributed by atoms with Crippen LogP contribution < -0.4 is 5.73 Å². The maximum atomic E-state index is 15.1. The molecule has 0 saturated carbocycles. The molecule has 13 heteroatoms. The lowest BCUT2D eigenvalue weighted by Gasteiger charge is -2.27. The SMILES string of the molecule is Cc1nc(N)c2ncn(C3OC(COC(Cc4ccc(-c5ccccn5)cc4)(C(=O)O)C(=O)O)CC3F)c2n1. The molecule has 4 aromatic rings. The van der Waals surface area contributed by atoms with E-state index in [2.05, 4.69) is 19.9 Å². The topological polar surface area (TPSA) is 176 Å². The van der Waals surface area contributed by atoms with Crippen molar-refractivity contribution in [1.82, 2.24) is 24.5 Å². The van der Waals surface area contributed by atoms with Gasteiger partial charge in [-0.2, -0.15) is 0 Å². The molecule has 1 aromatic carbocycles. The number of rotatable bonds is 9. The number of hydrogen-bond donors (Lipinski definition) is 3. The van der Waals surface area contributed by atoms with E-state index in [4.69, 9.17) is 15.2 Å². The Morgan fingerprint density at radius 1 is 1.15 bits per heavy atom. The summed E-state index contributed by atoms with van der Waals surface area (Å²) in [6.45, 7) is 1.17. The second-order valence-electron chi connectivity index (χ2n) is 9.22. The lowest BCUT2D eigenvalue weighted by atomic mass is 9.93. The molecule has 1 aliphatic rings. The number of carbonyl (C=O) groups is 2. The minimum absolute atomic E-state index is 0.144. The fraction of sp³-hybridized carbons (Fsp3) is 0.308. The van der Waals surface area contributed by atoms with Gasteiger partial charge in [-0.05, 0) is 24.6 Å². The van der Waals surface area contributed by atoms with Crippen molar-refractivity contribution in [2.24, 2.45) is 0 Å². The van der Waals surface area contributed by atoms with Gasteiger partial charge in [0, 0.05) is 24.6 Å². The summed E-state index contributed by atoms with van der Waals surface area (Å²) in [6.07, 6.45) is -1.21. The zero-order valence-corrected chi connectivity index (χ0v) is 20.8. The Balaban J connectivity index is 1.32. The van der Waals surface area contributed by atoms with Crippen molar-refractivity contribution in [3.8, 4) is 11.3 Å². The predicted molar refractivity (Wildman–Crippen MR) is 135 cm³/mol. The standard InChI is InChI=1S/C26H25FN6O6/c1-14-31-21(28)20-22(32-14)33(13-30-20)23-18(27)10-17(39-23)12-38-26(24(34)35,25(36)37)11-15-5-7-16(8-6-15)19-4-2-3-9-29-19/h2-9,13,17-18,23H,10-12H2,1H3,(H,34,35)(H,36,37)(H2,28,31,32). The molecule has 0 amide bonds. The number of nitrogens with two attached hydrogens (primary N) is 1. The van der Waals surface area contributed by atoms with Gasteiger partial charge in [-0.1, -0.05) is 30.3 Å². The maximum absolute atomic E-state index is 15.1. The molecular weight excluding hydrogens is 511 g/mol. The number of aromatic nitrogens is 5. The first-order chi connectivity index (χ1) is 18.7. The van der Waals surface area contributed by atoms with Crippen LogP contribution in [0.3, 0.4) is 0 Å². The second-order valence-corrected chi connectivity index (χ2v) is 9.22. The summed E-state index contributed by atoms with van der Waals surface area (Å²) in [5.74, 6) is -2.85. The molecule has 39 heavy (non-hydrogen) atoms. The molecule has 3 unspecified atom stereocenters. The van der Waals surface area contributed by atoms with Gasteiger partial charge in [-0.15, -0.1) is 0 Å². The van der Waals surface area contributed by atoms with Gasteiger partial charge in [0.25, 0.3) is 5.60 Å². The Bertz CT molecular complexity index is 1500. The summed E-state index contributed by atoms with van der Waals surface area (Å²) in [5, 5.41) is 19.8. The fourth-order valence-corrected chi connectivity index (χ4v) is 4.56. The lowest BCUT2D eigenvalue weighted by Crippen LogP contribution is -2.52. The van der Waals surface area contributed by atoms with E-state index in [1.807, 2.05) is 12.1 Å². The number of anilines is 1. The number of nitrogen functional groups attached to an aromatic ring is 1. The number of aliphatic carboxylic acids is 2. The summed E-state index contributed by atoms with van der Waals surface area (Å²) in [7, 11) is 0. The van der Waals surface area contributed by atoms with Crippen molar-refractivity contribution in [3.63, 3.8) is 0 Å². The minimum Gasteiger partial charge on any atom is -0.479 e. The van der Waals surface area contributed by atoms with Crippen LogP contribution in [0.5, 0.6) is 0 Å². The van der Waals surface area contributed by atoms with Gasteiger partial charge in [0.15, 0.2) is 17.7 Å². The highest BCUT2D eigenvalue weighted by atomic mass is 19.1. The average Bonchev–Trinajstić information content (AvgIpc) is 3.50. The van der Waals surface area contributed by atoms with Crippen LogP contribution in [0.1, 0.15) is 24.0 Å². The van der Waals surface area contributed by atoms with Gasteiger partial charge in [0.1, 0.15) is 17.5 Å². The minimum atomic E-state index is -2.61. The molecule has 1 fully saturated rings. The van der Waals surface area contributed by atoms with E-state index >= 15 is 4.39 Å². The molecule has 0 aliphatic carbocycles. The molecule has 4 heterocycles. The highest BCUT2D eigenvalue weighted by molar-refractivity contribution is 6.02. The first kappa shape index (κ1) is 26.1. The number of carboxylic acids is 2. The van der Waals surface area contributed by atoms with Gasteiger partial charge in [-0.3, -0.25) is 9.55 Å². The Hall–Kier alpha value is -4.49. The van der Waals surface area contributed by atoms with Crippen molar-refractivity contribution in [3.05, 3.63) is 66.4 Å².